The highest BCUT2D eigenvalue weighted by Crippen LogP contribution is 2.25. The van der Waals surface area contributed by atoms with Crippen molar-refractivity contribution < 1.29 is 4.74 Å². The Bertz CT molecular complexity index is 549. The Morgan fingerprint density at radius 1 is 1.10 bits per heavy atom. The minimum atomic E-state index is -0.118. The van der Waals surface area contributed by atoms with Gasteiger partial charge in [0.25, 0.3) is 0 Å². The van der Waals surface area contributed by atoms with Crippen LogP contribution in [0.1, 0.15) is 17.2 Å². The molecule has 2 aromatic rings. The number of rotatable bonds is 5. The number of nitrogens with zero attached hydrogens (tertiary/aromatic N) is 1. The molecule has 3 heteroatoms. The van der Waals surface area contributed by atoms with Crippen LogP contribution in [0.5, 0.6) is 5.75 Å². The summed E-state index contributed by atoms with van der Waals surface area (Å²) in [7, 11) is 4.03. The summed E-state index contributed by atoms with van der Waals surface area (Å²) in [5.41, 5.74) is 9.31. The summed E-state index contributed by atoms with van der Waals surface area (Å²) in [6.45, 7) is 2.53. The van der Waals surface area contributed by atoms with Gasteiger partial charge in [-0.2, -0.15) is 0 Å². The number of anilines is 1. The topological polar surface area (TPSA) is 38.5 Å². The van der Waals surface area contributed by atoms with Crippen LogP contribution < -0.4 is 15.4 Å². The third-order valence-electron chi connectivity index (χ3n) is 3.28. The van der Waals surface area contributed by atoms with E-state index in [1.165, 1.54) is 5.56 Å². The van der Waals surface area contributed by atoms with Crippen molar-refractivity contribution >= 4 is 5.69 Å². The van der Waals surface area contributed by atoms with E-state index in [9.17, 15) is 0 Å². The van der Waals surface area contributed by atoms with Gasteiger partial charge in [0, 0.05) is 32.4 Å². The molecule has 1 atom stereocenters. The molecule has 0 aliphatic carbocycles. The number of aryl methyl sites for hydroxylation is 1. The van der Waals surface area contributed by atoms with Crippen LogP contribution in [-0.2, 0) is 0 Å². The van der Waals surface area contributed by atoms with Crippen molar-refractivity contribution in [2.45, 2.75) is 13.0 Å². The number of hydrogen-bond acceptors (Lipinski definition) is 3. The van der Waals surface area contributed by atoms with Gasteiger partial charge >= 0.3 is 0 Å². The number of ether oxygens (including phenoxy) is 1. The molecular weight excluding hydrogens is 248 g/mol. The molecule has 3 nitrogen and oxygen atoms in total. The predicted molar refractivity (Wildman–Crippen MR) is 84.4 cm³/mol. The van der Waals surface area contributed by atoms with E-state index in [4.69, 9.17) is 10.5 Å². The van der Waals surface area contributed by atoms with E-state index in [1.807, 2.05) is 32.3 Å². The fourth-order valence-corrected chi connectivity index (χ4v) is 2.03. The van der Waals surface area contributed by atoms with E-state index in [-0.39, 0.29) is 6.10 Å². The van der Waals surface area contributed by atoms with Crippen LogP contribution in [0, 0.1) is 6.92 Å². The van der Waals surface area contributed by atoms with Gasteiger partial charge in [0.05, 0.1) is 0 Å². The summed E-state index contributed by atoms with van der Waals surface area (Å²) in [4.78, 5) is 2.05. The first-order valence-electron chi connectivity index (χ1n) is 6.81. The van der Waals surface area contributed by atoms with Crippen LogP contribution >= 0.6 is 0 Å². The van der Waals surface area contributed by atoms with Gasteiger partial charge in [-0.15, -0.1) is 0 Å². The van der Waals surface area contributed by atoms with Crippen LogP contribution in [0.4, 0.5) is 5.69 Å². The Kier molecular flexibility index (Phi) is 4.64. The highest BCUT2D eigenvalue weighted by Gasteiger charge is 2.11. The van der Waals surface area contributed by atoms with Crippen LogP contribution in [0.3, 0.4) is 0 Å². The highest BCUT2D eigenvalue weighted by atomic mass is 16.5. The fourth-order valence-electron chi connectivity index (χ4n) is 2.03. The molecule has 2 N–H and O–H groups in total. The monoisotopic (exact) mass is 270 g/mol. The number of benzene rings is 2. The molecule has 0 fully saturated rings. The number of hydrogen-bond donors (Lipinski definition) is 1. The summed E-state index contributed by atoms with van der Waals surface area (Å²) in [6, 6.07) is 16.3. The first-order valence-corrected chi connectivity index (χ1v) is 6.81. The maximum atomic E-state index is 6.03. The molecule has 0 spiro atoms. The molecular formula is C17H22N2O. The van der Waals surface area contributed by atoms with Crippen molar-refractivity contribution in [1.82, 2.24) is 0 Å². The summed E-state index contributed by atoms with van der Waals surface area (Å²) in [6.07, 6.45) is -0.118. The van der Waals surface area contributed by atoms with Gasteiger partial charge in [0.2, 0.25) is 0 Å². The fraction of sp³-hybridized carbons (Fsp3) is 0.294. The minimum absolute atomic E-state index is 0.118. The van der Waals surface area contributed by atoms with Crippen LogP contribution in [0.2, 0.25) is 0 Å². The summed E-state index contributed by atoms with van der Waals surface area (Å²) in [5.74, 6) is 0.840. The van der Waals surface area contributed by atoms with Crippen molar-refractivity contribution in [1.29, 1.82) is 0 Å². The Labute approximate surface area is 121 Å². The van der Waals surface area contributed by atoms with Gasteiger partial charge in [0.15, 0.2) is 0 Å². The second-order valence-electron chi connectivity index (χ2n) is 5.14. The van der Waals surface area contributed by atoms with Gasteiger partial charge < -0.3 is 15.4 Å². The molecule has 0 saturated heterocycles. The van der Waals surface area contributed by atoms with Crippen LogP contribution in [0.15, 0.2) is 48.5 Å². The maximum absolute atomic E-state index is 6.03. The first-order chi connectivity index (χ1) is 9.60. The third kappa shape index (κ3) is 3.52. The van der Waals surface area contributed by atoms with Crippen molar-refractivity contribution in [3.05, 3.63) is 59.7 Å². The van der Waals surface area contributed by atoms with Gasteiger partial charge in [-0.1, -0.05) is 35.9 Å². The molecule has 0 bridgehead atoms. The van der Waals surface area contributed by atoms with E-state index in [0.717, 1.165) is 17.0 Å². The molecule has 1 unspecified atom stereocenters. The molecule has 0 radical (unpaired) electrons. The van der Waals surface area contributed by atoms with Crippen molar-refractivity contribution in [3.8, 4) is 5.75 Å². The van der Waals surface area contributed by atoms with E-state index in [2.05, 4.69) is 42.2 Å². The second-order valence-corrected chi connectivity index (χ2v) is 5.14. The Balaban J connectivity index is 2.17. The lowest BCUT2D eigenvalue weighted by Crippen LogP contribution is -2.18. The van der Waals surface area contributed by atoms with Crippen molar-refractivity contribution in [2.75, 3.05) is 25.5 Å². The number of nitrogens with two attached hydrogens (primary N) is 1. The molecule has 2 rings (SSSR count). The zero-order valence-electron chi connectivity index (χ0n) is 12.3. The van der Waals surface area contributed by atoms with Crippen molar-refractivity contribution in [2.24, 2.45) is 5.73 Å². The molecule has 0 aliphatic rings. The smallest absolute Gasteiger partial charge is 0.136 e. The zero-order chi connectivity index (χ0) is 14.5. The van der Waals surface area contributed by atoms with E-state index in [0.29, 0.717) is 6.54 Å². The standard InChI is InChI=1S/C17H22N2O/c1-13-7-9-14(10-8-13)17(12-18)20-16-6-4-5-15(11-16)19(2)3/h4-11,17H,12,18H2,1-3H3. The molecule has 106 valence electrons. The molecule has 0 saturated carbocycles. The zero-order valence-corrected chi connectivity index (χ0v) is 12.3. The lowest BCUT2D eigenvalue weighted by atomic mass is 10.1. The second kappa shape index (κ2) is 6.44. The summed E-state index contributed by atoms with van der Waals surface area (Å²) < 4.78 is 6.03. The van der Waals surface area contributed by atoms with Gasteiger partial charge in [-0.25, -0.2) is 0 Å². The van der Waals surface area contributed by atoms with Crippen LogP contribution in [0.25, 0.3) is 0 Å². The lowest BCUT2D eigenvalue weighted by molar-refractivity contribution is 0.214. The average molecular weight is 270 g/mol. The van der Waals surface area contributed by atoms with E-state index >= 15 is 0 Å². The van der Waals surface area contributed by atoms with Gasteiger partial charge in [-0.3, -0.25) is 0 Å². The highest BCUT2D eigenvalue weighted by molar-refractivity contribution is 5.49. The Morgan fingerprint density at radius 3 is 2.40 bits per heavy atom. The Morgan fingerprint density at radius 2 is 1.80 bits per heavy atom. The SMILES string of the molecule is Cc1ccc(C(CN)Oc2cccc(N(C)C)c2)cc1. The quantitative estimate of drug-likeness (QED) is 0.907. The molecule has 20 heavy (non-hydrogen) atoms. The van der Waals surface area contributed by atoms with Crippen molar-refractivity contribution in [3.63, 3.8) is 0 Å². The van der Waals surface area contributed by atoms with E-state index < -0.39 is 0 Å². The maximum Gasteiger partial charge on any atom is 0.136 e. The van der Waals surface area contributed by atoms with Gasteiger partial charge in [0.1, 0.15) is 11.9 Å². The first kappa shape index (κ1) is 14.4. The third-order valence-corrected chi connectivity index (χ3v) is 3.28. The molecule has 0 amide bonds. The van der Waals surface area contributed by atoms with Gasteiger partial charge in [-0.05, 0) is 24.6 Å². The Hall–Kier alpha value is -2.00. The minimum Gasteiger partial charge on any atom is -0.484 e. The average Bonchev–Trinajstić information content (AvgIpc) is 2.46. The molecule has 2 aromatic carbocycles. The van der Waals surface area contributed by atoms with Crippen LogP contribution in [-0.4, -0.2) is 20.6 Å². The van der Waals surface area contributed by atoms with E-state index in [1.54, 1.807) is 0 Å². The molecule has 0 aliphatic heterocycles. The summed E-state index contributed by atoms with van der Waals surface area (Å²) in [5, 5.41) is 0. The molecule has 0 heterocycles. The lowest BCUT2D eigenvalue weighted by Gasteiger charge is -2.20. The normalized spacial score (nSPS) is 12.0. The largest absolute Gasteiger partial charge is 0.484 e. The summed E-state index contributed by atoms with van der Waals surface area (Å²) >= 11 is 0. The molecule has 0 aromatic heterocycles. The predicted octanol–water partition coefficient (Wildman–Crippen LogP) is 3.14.